The number of aliphatic hydroxyl groups is 8. The van der Waals surface area contributed by atoms with E-state index in [-0.39, 0.29) is 5.92 Å². The van der Waals surface area contributed by atoms with Gasteiger partial charge >= 0.3 is 5.69 Å². The first-order valence-corrected chi connectivity index (χ1v) is 16.1. The molecule has 4 heterocycles. The number of hydrogen-bond donors (Lipinski definition) is 11. The predicted octanol–water partition coefficient (Wildman–Crippen LogP) is -5.60. The summed E-state index contributed by atoms with van der Waals surface area (Å²) in [5, 5.41) is 90.4. The third-order valence-electron chi connectivity index (χ3n) is 8.66. The summed E-state index contributed by atoms with van der Waals surface area (Å²) in [6.07, 6.45) is -18.1. The van der Waals surface area contributed by atoms with Crippen molar-refractivity contribution in [1.82, 2.24) is 20.2 Å². The van der Waals surface area contributed by atoms with Crippen molar-refractivity contribution in [2.24, 2.45) is 5.92 Å². The monoisotopic (exact) mass is 718 g/mol. The van der Waals surface area contributed by atoms with Crippen LogP contribution in [0.3, 0.4) is 0 Å². The van der Waals surface area contributed by atoms with E-state index in [9.17, 15) is 60.0 Å². The molecular formula is C30H46N4O16. The molecule has 20 nitrogen and oxygen atoms in total. The van der Waals surface area contributed by atoms with Gasteiger partial charge in [-0.25, -0.2) is 4.79 Å². The molecular weight excluding hydrogens is 672 g/mol. The van der Waals surface area contributed by atoms with E-state index in [0.717, 1.165) is 23.8 Å². The average Bonchev–Trinajstić information content (AvgIpc) is 3.34. The van der Waals surface area contributed by atoms with Gasteiger partial charge in [-0.05, 0) is 18.4 Å². The fourth-order valence-corrected chi connectivity index (χ4v) is 6.01. The van der Waals surface area contributed by atoms with Gasteiger partial charge in [-0.15, -0.1) is 0 Å². The van der Waals surface area contributed by atoms with Crippen LogP contribution in [0.5, 0.6) is 0 Å². The van der Waals surface area contributed by atoms with Gasteiger partial charge in [0.2, 0.25) is 11.8 Å². The van der Waals surface area contributed by atoms with Crippen molar-refractivity contribution in [2.45, 2.75) is 126 Å². The smallest absolute Gasteiger partial charge is 0.330 e. The van der Waals surface area contributed by atoms with Gasteiger partial charge in [-0.1, -0.05) is 19.9 Å². The number of ether oxygens (including phenoxy) is 4. The van der Waals surface area contributed by atoms with Crippen LogP contribution in [-0.4, -0.2) is 155 Å². The standard InChI is InChI=1S/C30H46N4O16/c1-11(2)5-4-6-16(38)32-19-23(43)20(40)14(47-29(19)50-28-18(31-12(3)36)22(42)21(41)15(10-35)48-28)9-13(37)26-24(44)25(45)27(49-26)34-8-7-17(39)33-30(34)46/h4,6-8,11,13-15,18-29,35,37,40-45H,5,9-10H2,1-3H3,(H,31,36)(H,32,38)(H,33,39,46)/b6-4+. The second kappa shape index (κ2) is 16.9. The van der Waals surface area contributed by atoms with Gasteiger partial charge in [0.1, 0.15) is 60.9 Å². The van der Waals surface area contributed by atoms with Gasteiger partial charge in [0.15, 0.2) is 18.8 Å². The highest BCUT2D eigenvalue weighted by atomic mass is 16.8. The highest BCUT2D eigenvalue weighted by Gasteiger charge is 2.53. The highest BCUT2D eigenvalue weighted by Crippen LogP contribution is 2.34. The van der Waals surface area contributed by atoms with E-state index in [2.05, 4.69) is 10.6 Å². The van der Waals surface area contributed by atoms with Gasteiger partial charge in [0, 0.05) is 25.6 Å². The van der Waals surface area contributed by atoms with Crippen LogP contribution in [0.2, 0.25) is 0 Å². The van der Waals surface area contributed by atoms with Crippen LogP contribution >= 0.6 is 0 Å². The number of carbonyl (C=O) groups is 2. The minimum Gasteiger partial charge on any atom is -0.394 e. The Kier molecular flexibility index (Phi) is 13.4. The van der Waals surface area contributed by atoms with Crippen LogP contribution in [-0.2, 0) is 28.5 Å². The Labute approximate surface area is 284 Å². The number of rotatable bonds is 12. The van der Waals surface area contributed by atoms with Gasteiger partial charge in [-0.3, -0.25) is 23.9 Å². The molecule has 11 N–H and O–H groups in total. The Morgan fingerprint density at radius 1 is 0.920 bits per heavy atom. The van der Waals surface area contributed by atoms with E-state index >= 15 is 0 Å². The molecule has 0 bridgehead atoms. The van der Waals surface area contributed by atoms with Crippen molar-refractivity contribution in [1.29, 1.82) is 0 Å². The molecule has 3 saturated heterocycles. The molecule has 282 valence electrons. The predicted molar refractivity (Wildman–Crippen MR) is 166 cm³/mol. The largest absolute Gasteiger partial charge is 0.394 e. The van der Waals surface area contributed by atoms with Crippen molar-refractivity contribution >= 4 is 11.8 Å². The third-order valence-corrected chi connectivity index (χ3v) is 8.66. The lowest BCUT2D eigenvalue weighted by molar-refractivity contribution is -0.346. The number of aromatic amines is 1. The van der Waals surface area contributed by atoms with Crippen LogP contribution in [0, 0.1) is 5.92 Å². The molecule has 2 amide bonds. The minimum absolute atomic E-state index is 0.222. The van der Waals surface area contributed by atoms with Gasteiger partial charge in [0.25, 0.3) is 5.56 Å². The van der Waals surface area contributed by atoms with Crippen LogP contribution in [0.25, 0.3) is 0 Å². The highest BCUT2D eigenvalue weighted by molar-refractivity contribution is 5.87. The maximum Gasteiger partial charge on any atom is 0.330 e. The topological polar surface area (TPSA) is 312 Å². The quantitative estimate of drug-likeness (QED) is 0.0898. The molecule has 4 rings (SSSR count). The average molecular weight is 719 g/mol. The Bertz CT molecular complexity index is 1450. The zero-order chi connectivity index (χ0) is 37.0. The van der Waals surface area contributed by atoms with Crippen molar-refractivity contribution < 1.29 is 69.4 Å². The summed E-state index contributed by atoms with van der Waals surface area (Å²) in [7, 11) is 0. The third kappa shape index (κ3) is 9.02. The van der Waals surface area contributed by atoms with E-state index in [1.54, 1.807) is 6.08 Å². The Morgan fingerprint density at radius 3 is 2.10 bits per heavy atom. The molecule has 1 aromatic heterocycles. The SMILES string of the molecule is CC(=O)NC1C(OC2OC(CC(O)C3OC(n4ccc(=O)[nH]c4=O)C(O)C3O)C(O)C(O)C2NC(=O)/C=C/CC(C)C)OC(CO)C(O)C1O. The van der Waals surface area contributed by atoms with E-state index in [4.69, 9.17) is 18.9 Å². The summed E-state index contributed by atoms with van der Waals surface area (Å²) in [5.74, 6) is -1.16. The lowest BCUT2D eigenvalue weighted by Crippen LogP contribution is -2.68. The van der Waals surface area contributed by atoms with Crippen molar-refractivity contribution in [3.8, 4) is 0 Å². The Morgan fingerprint density at radius 2 is 1.52 bits per heavy atom. The maximum absolute atomic E-state index is 12.8. The van der Waals surface area contributed by atoms with E-state index < -0.39 is 128 Å². The van der Waals surface area contributed by atoms with Crippen LogP contribution in [0.1, 0.15) is 39.8 Å². The van der Waals surface area contributed by atoms with Crippen LogP contribution < -0.4 is 21.9 Å². The first-order valence-electron chi connectivity index (χ1n) is 16.1. The molecule has 0 saturated carbocycles. The van der Waals surface area contributed by atoms with Gasteiger partial charge < -0.3 is 70.4 Å². The zero-order valence-electron chi connectivity index (χ0n) is 27.5. The van der Waals surface area contributed by atoms with Crippen LogP contribution in [0.15, 0.2) is 34.0 Å². The summed E-state index contributed by atoms with van der Waals surface area (Å²) in [5.41, 5.74) is -1.69. The van der Waals surface area contributed by atoms with Crippen molar-refractivity contribution in [3.63, 3.8) is 0 Å². The first kappa shape index (κ1) is 39.7. The summed E-state index contributed by atoms with van der Waals surface area (Å²) < 4.78 is 23.8. The molecule has 1 aromatic rings. The van der Waals surface area contributed by atoms with E-state index in [1.165, 1.54) is 6.08 Å². The molecule has 0 aromatic carbocycles. The number of nitrogens with one attached hydrogen (secondary N) is 3. The molecule has 15 atom stereocenters. The number of nitrogens with zero attached hydrogens (tertiary/aromatic N) is 1. The summed E-state index contributed by atoms with van der Waals surface area (Å²) in [6.45, 7) is 4.19. The number of aliphatic hydroxyl groups excluding tert-OH is 8. The summed E-state index contributed by atoms with van der Waals surface area (Å²) >= 11 is 0. The molecule has 3 fully saturated rings. The lowest BCUT2D eigenvalue weighted by atomic mass is 9.91. The fraction of sp³-hybridized carbons (Fsp3) is 0.733. The van der Waals surface area contributed by atoms with Crippen molar-refractivity contribution in [3.05, 3.63) is 45.3 Å². The number of amides is 2. The summed E-state index contributed by atoms with van der Waals surface area (Å²) in [4.78, 5) is 50.5. The Hall–Kier alpha value is -3.12. The molecule has 50 heavy (non-hydrogen) atoms. The lowest BCUT2D eigenvalue weighted by Gasteiger charge is -2.47. The minimum atomic E-state index is -1.85. The summed E-state index contributed by atoms with van der Waals surface area (Å²) in [6, 6.07) is -2.02. The second-order valence-electron chi connectivity index (χ2n) is 13.0. The molecule has 3 aliphatic rings. The number of H-pyrrole nitrogens is 1. The maximum atomic E-state index is 12.8. The zero-order valence-corrected chi connectivity index (χ0v) is 27.5. The van der Waals surface area contributed by atoms with Gasteiger partial charge in [0.05, 0.1) is 18.8 Å². The number of carbonyl (C=O) groups excluding carboxylic acids is 2. The first-order chi connectivity index (χ1) is 23.5. The van der Waals surface area contributed by atoms with E-state index in [1.807, 2.05) is 18.8 Å². The molecule has 15 unspecified atom stereocenters. The second-order valence-corrected chi connectivity index (χ2v) is 13.0. The molecule has 3 aliphatic heterocycles. The van der Waals surface area contributed by atoms with Crippen molar-refractivity contribution in [2.75, 3.05) is 6.61 Å². The van der Waals surface area contributed by atoms with Gasteiger partial charge in [-0.2, -0.15) is 0 Å². The normalized spacial score (nSPS) is 38.3. The van der Waals surface area contributed by atoms with E-state index in [0.29, 0.717) is 6.42 Å². The Balaban J connectivity index is 1.58. The number of hydrogen-bond acceptors (Lipinski definition) is 16. The molecule has 0 aliphatic carbocycles. The fourth-order valence-electron chi connectivity index (χ4n) is 6.01. The molecule has 0 spiro atoms. The number of aromatic nitrogens is 2. The number of allylic oxidation sites excluding steroid dienone is 1. The molecule has 20 heteroatoms. The van der Waals surface area contributed by atoms with Crippen LogP contribution in [0.4, 0.5) is 0 Å². The molecule has 0 radical (unpaired) electrons.